The van der Waals surface area contributed by atoms with Gasteiger partial charge in [-0.25, -0.2) is 0 Å². The number of nitrogens with zero attached hydrogens (tertiary/aromatic N) is 2. The second-order valence-corrected chi connectivity index (χ2v) is 5.76. The fourth-order valence-electron chi connectivity index (χ4n) is 2.60. The van der Waals surface area contributed by atoms with Gasteiger partial charge in [-0.1, -0.05) is 0 Å². The molecule has 114 valence electrons. The molecule has 1 amide bonds. The summed E-state index contributed by atoms with van der Waals surface area (Å²) in [4.78, 5) is 18.4. The number of aromatic nitrogens is 1. The zero-order valence-corrected chi connectivity index (χ0v) is 13.9. The molecule has 2 aromatic rings. The SMILES string of the molecule is COc1cc2c(c(Br)c1OC)CN(Cc1ccncc1)C2=O. The first-order chi connectivity index (χ1) is 10.7. The van der Waals surface area contributed by atoms with Gasteiger partial charge in [-0.3, -0.25) is 9.78 Å². The highest BCUT2D eigenvalue weighted by molar-refractivity contribution is 9.10. The number of ether oxygens (including phenoxy) is 2. The smallest absolute Gasteiger partial charge is 0.254 e. The summed E-state index contributed by atoms with van der Waals surface area (Å²) < 4.78 is 11.5. The first-order valence-electron chi connectivity index (χ1n) is 6.77. The first-order valence-corrected chi connectivity index (χ1v) is 7.56. The van der Waals surface area contributed by atoms with E-state index < -0.39 is 0 Å². The molecule has 1 aliphatic rings. The number of carbonyl (C=O) groups excluding carboxylic acids is 1. The zero-order chi connectivity index (χ0) is 15.7. The summed E-state index contributed by atoms with van der Waals surface area (Å²) in [5.74, 6) is 1.15. The molecule has 0 spiro atoms. The molecule has 1 aliphatic heterocycles. The van der Waals surface area contributed by atoms with Crippen molar-refractivity contribution in [3.05, 3.63) is 51.8 Å². The molecule has 0 saturated heterocycles. The number of pyridine rings is 1. The van der Waals surface area contributed by atoms with Gasteiger partial charge in [0.05, 0.1) is 18.7 Å². The minimum absolute atomic E-state index is 0.00605. The number of carbonyl (C=O) groups is 1. The van der Waals surface area contributed by atoms with Crippen LogP contribution in [0.3, 0.4) is 0 Å². The van der Waals surface area contributed by atoms with Crippen molar-refractivity contribution in [3.63, 3.8) is 0 Å². The summed E-state index contributed by atoms with van der Waals surface area (Å²) in [6.45, 7) is 1.09. The molecule has 0 bridgehead atoms. The van der Waals surface area contributed by atoms with Crippen LogP contribution in [0.5, 0.6) is 11.5 Å². The number of hydrogen-bond acceptors (Lipinski definition) is 4. The molecular formula is C16H15BrN2O3. The van der Waals surface area contributed by atoms with Crippen LogP contribution in [0.25, 0.3) is 0 Å². The summed E-state index contributed by atoms with van der Waals surface area (Å²) in [7, 11) is 3.14. The van der Waals surface area contributed by atoms with Crippen LogP contribution in [0.2, 0.25) is 0 Å². The number of methoxy groups -OCH3 is 2. The van der Waals surface area contributed by atoms with E-state index in [0.29, 0.717) is 30.2 Å². The van der Waals surface area contributed by atoms with E-state index >= 15 is 0 Å². The van der Waals surface area contributed by atoms with Crippen molar-refractivity contribution in [1.29, 1.82) is 0 Å². The number of benzene rings is 1. The van der Waals surface area contributed by atoms with E-state index in [-0.39, 0.29) is 5.91 Å². The van der Waals surface area contributed by atoms with Gasteiger partial charge in [0.15, 0.2) is 11.5 Å². The van der Waals surface area contributed by atoms with Crippen molar-refractivity contribution in [2.24, 2.45) is 0 Å². The number of fused-ring (bicyclic) bond motifs is 1. The Morgan fingerprint density at radius 1 is 1.27 bits per heavy atom. The van der Waals surface area contributed by atoms with Gasteiger partial charge < -0.3 is 14.4 Å². The van der Waals surface area contributed by atoms with Crippen LogP contribution >= 0.6 is 15.9 Å². The molecule has 1 aromatic carbocycles. The highest BCUT2D eigenvalue weighted by atomic mass is 79.9. The monoisotopic (exact) mass is 362 g/mol. The molecule has 3 rings (SSSR count). The summed E-state index contributed by atoms with van der Waals surface area (Å²) in [6.07, 6.45) is 3.45. The van der Waals surface area contributed by atoms with E-state index in [9.17, 15) is 4.79 Å². The first kappa shape index (κ1) is 14.8. The van der Waals surface area contributed by atoms with Gasteiger partial charge in [0, 0.05) is 36.6 Å². The van der Waals surface area contributed by atoms with Crippen molar-refractivity contribution in [2.45, 2.75) is 13.1 Å². The van der Waals surface area contributed by atoms with Gasteiger partial charge in [-0.15, -0.1) is 0 Å². The lowest BCUT2D eigenvalue weighted by Gasteiger charge is -2.15. The Bertz CT molecular complexity index is 719. The standard InChI is InChI=1S/C16H15BrN2O3/c1-21-13-7-11-12(14(17)15(13)22-2)9-19(16(11)20)8-10-3-5-18-6-4-10/h3-7H,8-9H2,1-2H3. The Labute approximate surface area is 137 Å². The molecule has 0 radical (unpaired) electrons. The number of amides is 1. The molecule has 22 heavy (non-hydrogen) atoms. The molecular weight excluding hydrogens is 348 g/mol. The maximum absolute atomic E-state index is 12.6. The zero-order valence-electron chi connectivity index (χ0n) is 12.3. The molecule has 2 heterocycles. The summed E-state index contributed by atoms with van der Waals surface area (Å²) in [5.41, 5.74) is 2.63. The van der Waals surface area contributed by atoms with Crippen molar-refractivity contribution in [2.75, 3.05) is 14.2 Å². The highest BCUT2D eigenvalue weighted by Gasteiger charge is 2.32. The Morgan fingerprint density at radius 3 is 2.64 bits per heavy atom. The average molecular weight is 363 g/mol. The lowest BCUT2D eigenvalue weighted by molar-refractivity contribution is 0.0766. The normalized spacial score (nSPS) is 13.2. The second kappa shape index (κ2) is 5.96. The Kier molecular flexibility index (Phi) is 4.02. The molecule has 0 saturated carbocycles. The minimum atomic E-state index is -0.00605. The van der Waals surface area contributed by atoms with Gasteiger partial charge >= 0.3 is 0 Å². The lowest BCUT2D eigenvalue weighted by Crippen LogP contribution is -2.23. The van der Waals surface area contributed by atoms with Crippen LogP contribution in [0, 0.1) is 0 Å². The largest absolute Gasteiger partial charge is 0.493 e. The fourth-order valence-corrected chi connectivity index (χ4v) is 3.30. The minimum Gasteiger partial charge on any atom is -0.493 e. The Morgan fingerprint density at radius 2 is 2.00 bits per heavy atom. The van der Waals surface area contributed by atoms with Crippen LogP contribution in [-0.4, -0.2) is 30.0 Å². The molecule has 0 fully saturated rings. The highest BCUT2D eigenvalue weighted by Crippen LogP contribution is 2.43. The third-order valence-corrected chi connectivity index (χ3v) is 4.54. The topological polar surface area (TPSA) is 51.7 Å². The van der Waals surface area contributed by atoms with Gasteiger partial charge in [0.2, 0.25) is 0 Å². The van der Waals surface area contributed by atoms with E-state index in [0.717, 1.165) is 15.6 Å². The maximum atomic E-state index is 12.6. The van der Waals surface area contributed by atoms with E-state index in [2.05, 4.69) is 20.9 Å². The molecule has 0 aliphatic carbocycles. The van der Waals surface area contributed by atoms with Crippen LogP contribution in [0.1, 0.15) is 21.5 Å². The third kappa shape index (κ3) is 2.43. The number of halogens is 1. The van der Waals surface area contributed by atoms with E-state index in [1.165, 1.54) is 0 Å². The maximum Gasteiger partial charge on any atom is 0.254 e. The summed E-state index contributed by atoms with van der Waals surface area (Å²) >= 11 is 3.53. The van der Waals surface area contributed by atoms with Gasteiger partial charge in [-0.2, -0.15) is 0 Å². The second-order valence-electron chi connectivity index (χ2n) is 4.97. The summed E-state index contributed by atoms with van der Waals surface area (Å²) in [5, 5.41) is 0. The number of rotatable bonds is 4. The molecule has 5 nitrogen and oxygen atoms in total. The van der Waals surface area contributed by atoms with Crippen LogP contribution in [0.15, 0.2) is 35.1 Å². The van der Waals surface area contributed by atoms with Gasteiger partial charge in [0.25, 0.3) is 5.91 Å². The molecule has 6 heteroatoms. The number of hydrogen-bond donors (Lipinski definition) is 0. The van der Waals surface area contributed by atoms with Crippen LogP contribution < -0.4 is 9.47 Å². The van der Waals surface area contributed by atoms with Crippen molar-refractivity contribution in [1.82, 2.24) is 9.88 Å². The lowest BCUT2D eigenvalue weighted by atomic mass is 10.1. The van der Waals surface area contributed by atoms with Crippen molar-refractivity contribution < 1.29 is 14.3 Å². The predicted octanol–water partition coefficient (Wildman–Crippen LogP) is 3.02. The fraction of sp³-hybridized carbons (Fsp3) is 0.250. The summed E-state index contributed by atoms with van der Waals surface area (Å²) in [6, 6.07) is 5.56. The molecule has 0 unspecified atom stereocenters. The van der Waals surface area contributed by atoms with E-state index in [1.807, 2.05) is 12.1 Å². The van der Waals surface area contributed by atoms with Crippen LogP contribution in [-0.2, 0) is 13.1 Å². The molecule has 0 atom stereocenters. The average Bonchev–Trinajstić information content (AvgIpc) is 2.85. The van der Waals surface area contributed by atoms with Crippen molar-refractivity contribution in [3.8, 4) is 11.5 Å². The Hall–Kier alpha value is -2.08. The van der Waals surface area contributed by atoms with Crippen LogP contribution in [0.4, 0.5) is 0 Å². The molecule has 1 aromatic heterocycles. The van der Waals surface area contributed by atoms with Gasteiger partial charge in [0.1, 0.15) is 0 Å². The molecule has 0 N–H and O–H groups in total. The van der Waals surface area contributed by atoms with Gasteiger partial charge in [-0.05, 0) is 39.7 Å². The van der Waals surface area contributed by atoms with E-state index in [1.54, 1.807) is 37.6 Å². The van der Waals surface area contributed by atoms with E-state index in [4.69, 9.17) is 9.47 Å². The van der Waals surface area contributed by atoms with Crippen molar-refractivity contribution >= 4 is 21.8 Å². The Balaban J connectivity index is 1.95. The third-order valence-electron chi connectivity index (χ3n) is 3.70. The predicted molar refractivity (Wildman–Crippen MR) is 85.1 cm³/mol. The quantitative estimate of drug-likeness (QED) is 0.838.